The molecular formula is C23H28Cl2N2O3. The summed E-state index contributed by atoms with van der Waals surface area (Å²) in [6, 6.07) is 10.1. The van der Waals surface area contributed by atoms with Gasteiger partial charge in [-0.25, -0.2) is 0 Å². The molecule has 1 N–H and O–H groups in total. The van der Waals surface area contributed by atoms with Gasteiger partial charge in [0.1, 0.15) is 11.8 Å². The molecule has 0 fully saturated rings. The van der Waals surface area contributed by atoms with Crippen LogP contribution in [0.25, 0.3) is 0 Å². The molecule has 30 heavy (non-hydrogen) atoms. The van der Waals surface area contributed by atoms with Crippen LogP contribution in [-0.4, -0.2) is 35.4 Å². The molecule has 7 heteroatoms. The number of hydrogen-bond donors (Lipinski definition) is 1. The van der Waals surface area contributed by atoms with E-state index < -0.39 is 6.04 Å². The Labute approximate surface area is 188 Å². The predicted octanol–water partition coefficient (Wildman–Crippen LogP) is 4.93. The van der Waals surface area contributed by atoms with Gasteiger partial charge in [0.2, 0.25) is 5.91 Å². The van der Waals surface area contributed by atoms with Crippen LogP contribution in [0.5, 0.6) is 5.75 Å². The summed E-state index contributed by atoms with van der Waals surface area (Å²) in [5, 5.41) is 3.68. The second kappa shape index (κ2) is 10.7. The quantitative estimate of drug-likeness (QED) is 0.619. The van der Waals surface area contributed by atoms with E-state index in [4.69, 9.17) is 27.9 Å². The monoisotopic (exact) mass is 450 g/mol. The maximum Gasteiger partial charge on any atom is 0.261 e. The molecule has 2 aromatic rings. The Morgan fingerprint density at radius 3 is 2.40 bits per heavy atom. The zero-order valence-corrected chi connectivity index (χ0v) is 19.5. The first-order valence-electron chi connectivity index (χ1n) is 9.83. The zero-order chi connectivity index (χ0) is 22.4. The molecule has 0 saturated heterocycles. The van der Waals surface area contributed by atoms with Gasteiger partial charge in [-0.15, -0.1) is 0 Å². The number of hydrogen-bond acceptors (Lipinski definition) is 3. The van der Waals surface area contributed by atoms with Gasteiger partial charge >= 0.3 is 0 Å². The van der Waals surface area contributed by atoms with Crippen molar-refractivity contribution in [2.45, 2.75) is 53.2 Å². The lowest BCUT2D eigenvalue weighted by Crippen LogP contribution is -2.50. The van der Waals surface area contributed by atoms with Gasteiger partial charge in [0, 0.05) is 12.6 Å². The van der Waals surface area contributed by atoms with Crippen LogP contribution >= 0.6 is 23.2 Å². The van der Waals surface area contributed by atoms with E-state index in [1.807, 2.05) is 45.9 Å². The van der Waals surface area contributed by atoms with Crippen LogP contribution in [0.3, 0.4) is 0 Å². The lowest BCUT2D eigenvalue weighted by atomic mass is 10.1. The average molecular weight is 451 g/mol. The summed E-state index contributed by atoms with van der Waals surface area (Å²) < 4.78 is 5.78. The van der Waals surface area contributed by atoms with Gasteiger partial charge in [-0.3, -0.25) is 9.59 Å². The third kappa shape index (κ3) is 6.38. The normalized spacial score (nSPS) is 11.9. The second-order valence-electron chi connectivity index (χ2n) is 7.60. The van der Waals surface area contributed by atoms with Crippen molar-refractivity contribution in [3.8, 4) is 5.75 Å². The number of nitrogens with zero attached hydrogens (tertiary/aromatic N) is 1. The topological polar surface area (TPSA) is 58.6 Å². The summed E-state index contributed by atoms with van der Waals surface area (Å²) in [4.78, 5) is 27.1. The molecule has 0 saturated carbocycles. The molecule has 0 aromatic heterocycles. The molecule has 2 rings (SSSR count). The number of ether oxygens (including phenoxy) is 1. The first-order valence-corrected chi connectivity index (χ1v) is 10.6. The van der Waals surface area contributed by atoms with Gasteiger partial charge in [-0.2, -0.15) is 0 Å². The van der Waals surface area contributed by atoms with Gasteiger partial charge in [0.05, 0.1) is 10.0 Å². The van der Waals surface area contributed by atoms with Crippen molar-refractivity contribution in [3.63, 3.8) is 0 Å². The summed E-state index contributed by atoms with van der Waals surface area (Å²) in [7, 11) is 0. The molecule has 2 aromatic carbocycles. The molecular weight excluding hydrogens is 423 g/mol. The van der Waals surface area contributed by atoms with Crippen molar-refractivity contribution in [2.24, 2.45) is 0 Å². The minimum absolute atomic E-state index is 0.0342. The minimum Gasteiger partial charge on any atom is -0.483 e. The Balaban J connectivity index is 2.22. The van der Waals surface area contributed by atoms with Crippen molar-refractivity contribution >= 4 is 35.0 Å². The van der Waals surface area contributed by atoms with E-state index in [2.05, 4.69) is 5.32 Å². The van der Waals surface area contributed by atoms with E-state index in [1.54, 1.807) is 25.1 Å². The number of nitrogens with one attached hydrogen (secondary N) is 1. The Morgan fingerprint density at radius 2 is 1.77 bits per heavy atom. The Hall–Kier alpha value is -2.24. The second-order valence-corrected chi connectivity index (χ2v) is 8.41. The van der Waals surface area contributed by atoms with E-state index in [0.717, 1.165) is 16.7 Å². The number of carbonyl (C=O) groups is 2. The first-order chi connectivity index (χ1) is 14.1. The standard InChI is InChI=1S/C23H28Cl2N2O3/c1-14(2)26-23(29)17(5)27(12-18-9-10-19(24)20(25)11-18)22(28)13-30-21-8-6-7-15(3)16(21)4/h6-11,14,17H,12-13H2,1-5H3,(H,26,29). The number of carbonyl (C=O) groups excluding carboxylic acids is 2. The number of amides is 2. The van der Waals surface area contributed by atoms with Crippen LogP contribution < -0.4 is 10.1 Å². The highest BCUT2D eigenvalue weighted by Crippen LogP contribution is 2.24. The van der Waals surface area contributed by atoms with Crippen LogP contribution in [0.2, 0.25) is 10.0 Å². The molecule has 0 radical (unpaired) electrons. The minimum atomic E-state index is -0.684. The maximum atomic E-state index is 13.1. The van der Waals surface area contributed by atoms with Crippen molar-refractivity contribution in [1.82, 2.24) is 10.2 Å². The van der Waals surface area contributed by atoms with E-state index in [0.29, 0.717) is 15.8 Å². The molecule has 0 bridgehead atoms. The molecule has 2 amide bonds. The van der Waals surface area contributed by atoms with Gasteiger partial charge < -0.3 is 15.0 Å². The fourth-order valence-corrected chi connectivity index (χ4v) is 3.25. The molecule has 0 aliphatic rings. The highest BCUT2D eigenvalue weighted by molar-refractivity contribution is 6.42. The van der Waals surface area contributed by atoms with Crippen LogP contribution in [0, 0.1) is 13.8 Å². The van der Waals surface area contributed by atoms with E-state index in [1.165, 1.54) is 4.90 Å². The number of rotatable bonds is 8. The molecule has 0 spiro atoms. The number of benzene rings is 2. The predicted molar refractivity (Wildman–Crippen MR) is 121 cm³/mol. The molecule has 162 valence electrons. The number of aryl methyl sites for hydroxylation is 1. The Bertz CT molecular complexity index is 915. The van der Waals surface area contributed by atoms with Crippen LogP contribution in [0.4, 0.5) is 0 Å². The van der Waals surface area contributed by atoms with Crippen LogP contribution in [-0.2, 0) is 16.1 Å². The van der Waals surface area contributed by atoms with Crippen molar-refractivity contribution in [2.75, 3.05) is 6.61 Å². The van der Waals surface area contributed by atoms with Crippen molar-refractivity contribution in [1.29, 1.82) is 0 Å². The molecule has 1 unspecified atom stereocenters. The molecule has 0 aliphatic heterocycles. The summed E-state index contributed by atoms with van der Waals surface area (Å²) in [5.74, 6) is 0.121. The fourth-order valence-electron chi connectivity index (χ4n) is 2.93. The molecule has 0 aliphatic carbocycles. The van der Waals surface area contributed by atoms with E-state index >= 15 is 0 Å². The van der Waals surface area contributed by atoms with Gasteiger partial charge in [-0.1, -0.05) is 41.4 Å². The van der Waals surface area contributed by atoms with Gasteiger partial charge in [0.25, 0.3) is 5.91 Å². The fraction of sp³-hybridized carbons (Fsp3) is 0.391. The third-order valence-corrected chi connectivity index (χ3v) is 5.58. The maximum absolute atomic E-state index is 13.1. The molecule has 1 atom stereocenters. The van der Waals surface area contributed by atoms with Crippen molar-refractivity contribution in [3.05, 3.63) is 63.1 Å². The lowest BCUT2D eigenvalue weighted by Gasteiger charge is -2.29. The smallest absolute Gasteiger partial charge is 0.261 e. The third-order valence-electron chi connectivity index (χ3n) is 4.84. The molecule has 5 nitrogen and oxygen atoms in total. The summed E-state index contributed by atoms with van der Waals surface area (Å²) in [6.45, 7) is 9.41. The van der Waals surface area contributed by atoms with Crippen LogP contribution in [0.15, 0.2) is 36.4 Å². The van der Waals surface area contributed by atoms with E-state index in [-0.39, 0.29) is 31.0 Å². The number of halogens is 2. The Morgan fingerprint density at radius 1 is 1.07 bits per heavy atom. The lowest BCUT2D eigenvalue weighted by molar-refractivity contribution is -0.142. The van der Waals surface area contributed by atoms with Crippen LogP contribution in [0.1, 0.15) is 37.5 Å². The highest BCUT2D eigenvalue weighted by Gasteiger charge is 2.27. The van der Waals surface area contributed by atoms with Gasteiger partial charge in [-0.05, 0) is 69.5 Å². The highest BCUT2D eigenvalue weighted by atomic mass is 35.5. The van der Waals surface area contributed by atoms with E-state index in [9.17, 15) is 9.59 Å². The Kier molecular flexibility index (Phi) is 8.56. The summed E-state index contributed by atoms with van der Waals surface area (Å²) >= 11 is 12.1. The first kappa shape index (κ1) is 24.0. The summed E-state index contributed by atoms with van der Waals surface area (Å²) in [5.41, 5.74) is 2.83. The largest absolute Gasteiger partial charge is 0.483 e. The van der Waals surface area contributed by atoms with Crippen molar-refractivity contribution < 1.29 is 14.3 Å². The zero-order valence-electron chi connectivity index (χ0n) is 18.0. The average Bonchev–Trinajstić information content (AvgIpc) is 2.68. The van der Waals surface area contributed by atoms with Gasteiger partial charge in [0.15, 0.2) is 6.61 Å². The molecule has 0 heterocycles. The SMILES string of the molecule is Cc1cccc(OCC(=O)N(Cc2ccc(Cl)c(Cl)c2)C(C)C(=O)NC(C)C)c1C. The summed E-state index contributed by atoms with van der Waals surface area (Å²) in [6.07, 6.45) is 0.